The number of nitrogens with one attached hydrogen (secondary N) is 1. The highest BCUT2D eigenvalue weighted by atomic mass is 79.9. The van der Waals surface area contributed by atoms with Gasteiger partial charge in [-0.25, -0.2) is 8.42 Å². The van der Waals surface area contributed by atoms with Gasteiger partial charge in [-0.3, -0.25) is 13.9 Å². The van der Waals surface area contributed by atoms with Crippen LogP contribution in [0.1, 0.15) is 31.9 Å². The van der Waals surface area contributed by atoms with E-state index in [2.05, 4.69) is 37.2 Å². The Kier molecular flexibility index (Phi) is 10.7. The molecule has 0 bridgehead atoms. The van der Waals surface area contributed by atoms with Gasteiger partial charge in [0.15, 0.2) is 0 Å². The van der Waals surface area contributed by atoms with Crippen LogP contribution in [0.25, 0.3) is 0 Å². The second-order valence-corrected chi connectivity index (χ2v) is 13.5. The zero-order chi connectivity index (χ0) is 28.7. The highest BCUT2D eigenvalue weighted by Gasteiger charge is 2.32. The predicted octanol–water partition coefficient (Wildman–Crippen LogP) is 5.90. The van der Waals surface area contributed by atoms with E-state index < -0.39 is 28.5 Å². The third kappa shape index (κ3) is 8.40. The van der Waals surface area contributed by atoms with Gasteiger partial charge in [-0.15, -0.1) is 0 Å². The van der Waals surface area contributed by atoms with E-state index in [4.69, 9.17) is 0 Å². The summed E-state index contributed by atoms with van der Waals surface area (Å²) in [4.78, 5) is 28.4. The minimum absolute atomic E-state index is 0.0750. The smallest absolute Gasteiger partial charge is 0.264 e. The van der Waals surface area contributed by atoms with E-state index in [1.165, 1.54) is 17.0 Å². The number of anilines is 1. The summed E-state index contributed by atoms with van der Waals surface area (Å²) in [5.74, 6) is -0.557. The molecule has 0 saturated heterocycles. The van der Waals surface area contributed by atoms with Gasteiger partial charge in [-0.1, -0.05) is 75.5 Å². The SMILES string of the molecule is Cc1ccc(S(=O)(=O)N(CC(=O)N(Cc2ccc(Br)cc2)C(C)C(=O)NCC(C)C)c2ccc(Br)cc2)cc1. The summed E-state index contributed by atoms with van der Waals surface area (Å²) in [7, 11) is -4.09. The molecule has 7 nitrogen and oxygen atoms in total. The maximum atomic E-state index is 13.9. The molecule has 0 saturated carbocycles. The molecule has 0 aliphatic heterocycles. The number of rotatable bonds is 11. The van der Waals surface area contributed by atoms with E-state index in [0.717, 1.165) is 24.4 Å². The molecule has 2 amide bonds. The normalized spacial score (nSPS) is 12.2. The van der Waals surface area contributed by atoms with Gasteiger partial charge >= 0.3 is 0 Å². The van der Waals surface area contributed by atoms with Crippen LogP contribution in [0.4, 0.5) is 5.69 Å². The van der Waals surface area contributed by atoms with Gasteiger partial charge < -0.3 is 10.2 Å². The number of sulfonamides is 1. The van der Waals surface area contributed by atoms with Crippen molar-refractivity contribution < 1.29 is 18.0 Å². The number of amides is 2. The Morgan fingerprint density at radius 3 is 1.92 bits per heavy atom. The van der Waals surface area contributed by atoms with E-state index in [9.17, 15) is 18.0 Å². The maximum Gasteiger partial charge on any atom is 0.264 e. The lowest BCUT2D eigenvalue weighted by molar-refractivity contribution is -0.139. The molecule has 0 heterocycles. The van der Waals surface area contributed by atoms with Crippen LogP contribution in [0.5, 0.6) is 0 Å². The Labute approximate surface area is 247 Å². The van der Waals surface area contributed by atoms with Crippen molar-refractivity contribution in [3.63, 3.8) is 0 Å². The molecule has 10 heteroatoms. The molecule has 3 aromatic rings. The van der Waals surface area contributed by atoms with E-state index in [1.54, 1.807) is 43.3 Å². The minimum atomic E-state index is -4.09. The molecule has 0 fully saturated rings. The number of aryl methyl sites for hydroxylation is 1. The van der Waals surface area contributed by atoms with Gasteiger partial charge in [0.25, 0.3) is 10.0 Å². The molecule has 3 rings (SSSR count). The van der Waals surface area contributed by atoms with Crippen molar-refractivity contribution in [2.24, 2.45) is 5.92 Å². The number of benzene rings is 3. The van der Waals surface area contributed by atoms with Crippen LogP contribution in [0.3, 0.4) is 0 Å². The third-order valence-corrected chi connectivity index (χ3v) is 8.97. The second kappa shape index (κ2) is 13.6. The van der Waals surface area contributed by atoms with Gasteiger partial charge in [0, 0.05) is 22.0 Å². The first-order valence-electron chi connectivity index (χ1n) is 12.5. The van der Waals surface area contributed by atoms with Crippen molar-refractivity contribution in [1.29, 1.82) is 0 Å². The average Bonchev–Trinajstić information content (AvgIpc) is 2.90. The van der Waals surface area contributed by atoms with E-state index in [0.29, 0.717) is 12.2 Å². The van der Waals surface area contributed by atoms with E-state index >= 15 is 0 Å². The fourth-order valence-corrected chi connectivity index (χ4v) is 5.74. The van der Waals surface area contributed by atoms with Crippen molar-refractivity contribution in [2.75, 3.05) is 17.4 Å². The zero-order valence-corrected chi connectivity index (χ0v) is 26.4. The summed E-state index contributed by atoms with van der Waals surface area (Å²) in [5, 5.41) is 2.89. The van der Waals surface area contributed by atoms with Crippen LogP contribution in [-0.2, 0) is 26.2 Å². The van der Waals surface area contributed by atoms with Crippen molar-refractivity contribution >= 4 is 59.4 Å². The summed E-state index contributed by atoms with van der Waals surface area (Å²) in [6, 6.07) is 19.8. The molecular weight excluding hydrogens is 646 g/mol. The Morgan fingerprint density at radius 1 is 0.846 bits per heavy atom. The van der Waals surface area contributed by atoms with Gasteiger partial charge in [0.05, 0.1) is 10.6 Å². The van der Waals surface area contributed by atoms with Crippen LogP contribution in [0, 0.1) is 12.8 Å². The number of carbonyl (C=O) groups is 2. The Bertz CT molecular complexity index is 1380. The van der Waals surface area contributed by atoms with Crippen molar-refractivity contribution in [3.8, 4) is 0 Å². The van der Waals surface area contributed by atoms with E-state index in [-0.39, 0.29) is 23.3 Å². The summed E-state index contributed by atoms with van der Waals surface area (Å²) in [6.45, 7) is 7.64. The molecule has 0 spiro atoms. The lowest BCUT2D eigenvalue weighted by Gasteiger charge is -2.32. The molecule has 0 radical (unpaired) electrons. The monoisotopic (exact) mass is 677 g/mol. The van der Waals surface area contributed by atoms with Crippen LogP contribution in [-0.4, -0.2) is 44.3 Å². The Hall–Kier alpha value is -2.69. The largest absolute Gasteiger partial charge is 0.354 e. The standard InChI is InChI=1S/C29H33Br2N3O4S/c1-20(2)17-32-29(36)22(4)33(18-23-7-9-24(30)10-8-23)28(35)19-34(26-13-11-25(31)12-14-26)39(37,38)27-15-5-21(3)6-16-27/h5-16,20,22H,17-19H2,1-4H3,(H,32,36). The summed E-state index contributed by atoms with van der Waals surface area (Å²) < 4.78 is 30.4. The van der Waals surface area contributed by atoms with Gasteiger partial charge in [0.2, 0.25) is 11.8 Å². The molecule has 0 aliphatic rings. The quantitative estimate of drug-likeness (QED) is 0.274. The number of hydrogen-bond acceptors (Lipinski definition) is 4. The highest BCUT2D eigenvalue weighted by Crippen LogP contribution is 2.26. The third-order valence-electron chi connectivity index (χ3n) is 6.12. The number of carbonyl (C=O) groups excluding carboxylic acids is 2. The molecule has 1 unspecified atom stereocenters. The lowest BCUT2D eigenvalue weighted by Crippen LogP contribution is -2.51. The van der Waals surface area contributed by atoms with Gasteiger partial charge in [0.1, 0.15) is 12.6 Å². The fraction of sp³-hybridized carbons (Fsp3) is 0.310. The van der Waals surface area contributed by atoms with Crippen LogP contribution in [0.2, 0.25) is 0 Å². The molecular formula is C29H33Br2N3O4S. The summed E-state index contributed by atoms with van der Waals surface area (Å²) >= 11 is 6.80. The highest BCUT2D eigenvalue weighted by molar-refractivity contribution is 9.10. The molecule has 3 aromatic carbocycles. The maximum absolute atomic E-state index is 13.9. The molecule has 0 aliphatic carbocycles. The Balaban J connectivity index is 2.00. The Morgan fingerprint density at radius 2 is 1.38 bits per heavy atom. The molecule has 1 N–H and O–H groups in total. The number of hydrogen-bond donors (Lipinski definition) is 1. The first kappa shape index (κ1) is 30.8. The number of halogens is 2. The van der Waals surface area contributed by atoms with Crippen LogP contribution in [0.15, 0.2) is 86.6 Å². The van der Waals surface area contributed by atoms with Crippen molar-refractivity contribution in [3.05, 3.63) is 92.9 Å². The summed E-state index contributed by atoms with van der Waals surface area (Å²) in [6.07, 6.45) is 0. The average molecular weight is 679 g/mol. The second-order valence-electron chi connectivity index (χ2n) is 9.76. The first-order chi connectivity index (χ1) is 18.4. The zero-order valence-electron chi connectivity index (χ0n) is 22.4. The van der Waals surface area contributed by atoms with Crippen LogP contribution < -0.4 is 9.62 Å². The minimum Gasteiger partial charge on any atom is -0.354 e. The number of nitrogens with zero attached hydrogens (tertiary/aromatic N) is 2. The molecule has 39 heavy (non-hydrogen) atoms. The van der Waals surface area contributed by atoms with Gasteiger partial charge in [-0.2, -0.15) is 0 Å². The molecule has 0 aromatic heterocycles. The molecule has 1 atom stereocenters. The van der Waals surface area contributed by atoms with Crippen molar-refractivity contribution in [1.82, 2.24) is 10.2 Å². The topological polar surface area (TPSA) is 86.8 Å². The lowest BCUT2D eigenvalue weighted by atomic mass is 10.1. The first-order valence-corrected chi connectivity index (χ1v) is 15.6. The molecule has 208 valence electrons. The summed E-state index contributed by atoms with van der Waals surface area (Å²) in [5.41, 5.74) is 2.07. The van der Waals surface area contributed by atoms with Gasteiger partial charge in [-0.05, 0) is 73.9 Å². The fourth-order valence-electron chi connectivity index (χ4n) is 3.80. The predicted molar refractivity (Wildman–Crippen MR) is 162 cm³/mol. The van der Waals surface area contributed by atoms with E-state index in [1.807, 2.05) is 45.0 Å². The van der Waals surface area contributed by atoms with Crippen molar-refractivity contribution in [2.45, 2.75) is 45.2 Å². The van der Waals surface area contributed by atoms with Crippen LogP contribution >= 0.6 is 31.9 Å².